The Hall–Kier alpha value is -0.110. The van der Waals surface area contributed by atoms with Crippen molar-refractivity contribution in [1.82, 2.24) is 0 Å². The van der Waals surface area contributed by atoms with Gasteiger partial charge in [-0.15, -0.1) is 11.8 Å². The minimum Gasteiger partial charge on any atom is -0.404 e. The van der Waals surface area contributed by atoms with E-state index in [0.717, 1.165) is 5.75 Å². The van der Waals surface area contributed by atoms with Crippen LogP contribution in [-0.4, -0.2) is 5.75 Å². The lowest BCUT2D eigenvalue weighted by Crippen LogP contribution is -1.79. The molecule has 0 aliphatic carbocycles. The highest BCUT2D eigenvalue weighted by molar-refractivity contribution is 8.03. The zero-order valence-corrected chi connectivity index (χ0v) is 5.59. The summed E-state index contributed by atoms with van der Waals surface area (Å²) in [5, 5.41) is 0. The molecule has 0 rings (SSSR count). The first-order valence-electron chi connectivity index (χ1n) is 2.32. The minimum absolute atomic E-state index is 1.11. The highest BCUT2D eigenvalue weighted by Crippen LogP contribution is 2.10. The molecule has 0 aromatic heterocycles. The summed E-state index contributed by atoms with van der Waals surface area (Å²) in [4.78, 5) is 1.20. The van der Waals surface area contributed by atoms with Gasteiger partial charge in [-0.2, -0.15) is 0 Å². The van der Waals surface area contributed by atoms with Gasteiger partial charge in [0.15, 0.2) is 0 Å². The largest absolute Gasteiger partial charge is 0.404 e. The average Bonchev–Trinajstić information content (AvgIpc) is 1.68. The second-order valence-corrected chi connectivity index (χ2v) is 2.72. The van der Waals surface area contributed by atoms with Gasteiger partial charge in [0.2, 0.25) is 0 Å². The van der Waals surface area contributed by atoms with Crippen LogP contribution >= 0.6 is 11.8 Å². The van der Waals surface area contributed by atoms with Crippen molar-refractivity contribution in [2.45, 2.75) is 13.8 Å². The van der Waals surface area contributed by atoms with E-state index < -0.39 is 0 Å². The van der Waals surface area contributed by atoms with Crippen molar-refractivity contribution in [2.24, 2.45) is 5.73 Å². The Morgan fingerprint density at radius 2 is 2.43 bits per heavy atom. The van der Waals surface area contributed by atoms with Crippen LogP contribution in [0.15, 0.2) is 11.1 Å². The molecule has 0 aromatic rings. The summed E-state index contributed by atoms with van der Waals surface area (Å²) < 4.78 is 0. The zero-order chi connectivity index (χ0) is 5.70. The number of nitrogens with two attached hydrogens (primary N) is 1. The molecule has 2 N–H and O–H groups in total. The Balaban J connectivity index is 3.17. The fourth-order valence-electron chi connectivity index (χ4n) is 0.276. The van der Waals surface area contributed by atoms with Crippen LogP contribution in [0.2, 0.25) is 0 Å². The molecule has 0 radical (unpaired) electrons. The Morgan fingerprint density at radius 1 is 1.86 bits per heavy atom. The van der Waals surface area contributed by atoms with Gasteiger partial charge in [-0.05, 0) is 17.6 Å². The van der Waals surface area contributed by atoms with Gasteiger partial charge in [0, 0.05) is 6.20 Å². The molecule has 0 heterocycles. The van der Waals surface area contributed by atoms with Gasteiger partial charge >= 0.3 is 0 Å². The molecule has 0 saturated heterocycles. The molecule has 42 valence electrons. The van der Waals surface area contributed by atoms with E-state index in [0.29, 0.717) is 0 Å². The van der Waals surface area contributed by atoms with Crippen LogP contribution in [-0.2, 0) is 0 Å². The zero-order valence-electron chi connectivity index (χ0n) is 4.77. The molecular weight excluding hydrogens is 106 g/mol. The molecule has 7 heavy (non-hydrogen) atoms. The van der Waals surface area contributed by atoms with Crippen molar-refractivity contribution in [3.63, 3.8) is 0 Å². The molecule has 0 atom stereocenters. The summed E-state index contributed by atoms with van der Waals surface area (Å²) in [5.41, 5.74) is 5.18. The number of hydrogen-bond acceptors (Lipinski definition) is 2. The lowest BCUT2D eigenvalue weighted by atomic mass is 10.7. The van der Waals surface area contributed by atoms with Crippen molar-refractivity contribution in [1.29, 1.82) is 0 Å². The fraction of sp³-hybridized carbons (Fsp3) is 0.600. The van der Waals surface area contributed by atoms with Gasteiger partial charge < -0.3 is 5.73 Å². The Labute approximate surface area is 49.0 Å². The predicted octanol–water partition coefficient (Wildman–Crippen LogP) is 1.56. The summed E-state index contributed by atoms with van der Waals surface area (Å²) in [6, 6.07) is 0. The van der Waals surface area contributed by atoms with Gasteiger partial charge in [0.25, 0.3) is 0 Å². The molecule has 0 saturated carbocycles. The van der Waals surface area contributed by atoms with Crippen molar-refractivity contribution in [3.8, 4) is 0 Å². The highest BCUT2D eigenvalue weighted by atomic mass is 32.2. The lowest BCUT2D eigenvalue weighted by molar-refractivity contribution is 1.48. The second kappa shape index (κ2) is 4.06. The monoisotopic (exact) mass is 117 g/mol. The third kappa shape index (κ3) is 3.73. The summed E-state index contributed by atoms with van der Waals surface area (Å²) in [7, 11) is 0. The smallest absolute Gasteiger partial charge is 0.00317 e. The van der Waals surface area contributed by atoms with Crippen molar-refractivity contribution < 1.29 is 0 Å². The number of allylic oxidation sites excluding steroid dienone is 1. The van der Waals surface area contributed by atoms with E-state index in [9.17, 15) is 0 Å². The Kier molecular flexibility index (Phi) is 4.00. The maximum atomic E-state index is 5.18. The molecule has 0 unspecified atom stereocenters. The molecule has 0 fully saturated rings. The lowest BCUT2D eigenvalue weighted by Gasteiger charge is -1.90. The molecule has 1 nitrogen and oxygen atoms in total. The van der Waals surface area contributed by atoms with E-state index in [1.54, 1.807) is 18.0 Å². The molecule has 0 aromatic carbocycles. The Morgan fingerprint density at radius 3 is 2.57 bits per heavy atom. The maximum absolute atomic E-state index is 5.18. The SMILES string of the molecule is CCS/C(C)=C\N. The summed E-state index contributed by atoms with van der Waals surface area (Å²) in [6.45, 7) is 4.12. The van der Waals surface area contributed by atoms with E-state index in [2.05, 4.69) is 6.92 Å². The van der Waals surface area contributed by atoms with Crippen molar-refractivity contribution in [3.05, 3.63) is 11.1 Å². The van der Waals surface area contributed by atoms with E-state index in [4.69, 9.17) is 5.73 Å². The quantitative estimate of drug-likeness (QED) is 0.594. The normalized spacial score (nSPS) is 12.0. The molecular formula is C5H11NS. The predicted molar refractivity (Wildman–Crippen MR) is 36.1 cm³/mol. The minimum atomic E-state index is 1.11. The van der Waals surface area contributed by atoms with Crippen molar-refractivity contribution in [2.75, 3.05) is 5.75 Å². The third-order valence-corrected chi connectivity index (χ3v) is 1.49. The van der Waals surface area contributed by atoms with Crippen LogP contribution in [0.25, 0.3) is 0 Å². The van der Waals surface area contributed by atoms with Crippen LogP contribution in [0.3, 0.4) is 0 Å². The first-order valence-corrected chi connectivity index (χ1v) is 3.31. The maximum Gasteiger partial charge on any atom is 0.00317 e. The number of hydrogen-bond donors (Lipinski definition) is 1. The van der Waals surface area contributed by atoms with Gasteiger partial charge in [0.1, 0.15) is 0 Å². The highest BCUT2D eigenvalue weighted by Gasteiger charge is 1.80. The van der Waals surface area contributed by atoms with E-state index in [1.807, 2.05) is 6.92 Å². The Bertz CT molecular complexity index is 68.5. The molecule has 0 aliphatic heterocycles. The fourth-order valence-corrected chi connectivity index (χ4v) is 0.827. The van der Waals surface area contributed by atoms with Crippen LogP contribution in [0, 0.1) is 0 Å². The first kappa shape index (κ1) is 6.89. The van der Waals surface area contributed by atoms with Crippen molar-refractivity contribution >= 4 is 11.8 Å². The second-order valence-electron chi connectivity index (χ2n) is 1.21. The molecule has 2 heteroatoms. The summed E-state index contributed by atoms with van der Waals surface area (Å²) >= 11 is 1.77. The van der Waals surface area contributed by atoms with Gasteiger partial charge in [-0.1, -0.05) is 6.92 Å². The van der Waals surface area contributed by atoms with Gasteiger partial charge in [0.05, 0.1) is 0 Å². The standard InChI is InChI=1S/C5H11NS/c1-3-7-5(2)4-6/h4H,3,6H2,1-2H3/b5-4-. The molecule has 0 amide bonds. The molecule has 0 aliphatic rings. The number of rotatable bonds is 2. The topological polar surface area (TPSA) is 26.0 Å². The summed E-state index contributed by atoms with van der Waals surface area (Å²) in [6.07, 6.45) is 1.63. The summed E-state index contributed by atoms with van der Waals surface area (Å²) in [5.74, 6) is 1.11. The number of thioether (sulfide) groups is 1. The molecule has 0 spiro atoms. The van der Waals surface area contributed by atoms with Crippen LogP contribution in [0.4, 0.5) is 0 Å². The van der Waals surface area contributed by atoms with Crippen LogP contribution in [0.1, 0.15) is 13.8 Å². The first-order chi connectivity index (χ1) is 3.31. The van der Waals surface area contributed by atoms with E-state index in [-0.39, 0.29) is 0 Å². The van der Waals surface area contributed by atoms with E-state index in [1.165, 1.54) is 4.91 Å². The van der Waals surface area contributed by atoms with E-state index >= 15 is 0 Å². The van der Waals surface area contributed by atoms with Gasteiger partial charge in [-0.25, -0.2) is 0 Å². The van der Waals surface area contributed by atoms with Crippen LogP contribution < -0.4 is 5.73 Å². The van der Waals surface area contributed by atoms with Crippen LogP contribution in [0.5, 0.6) is 0 Å². The average molecular weight is 117 g/mol. The van der Waals surface area contributed by atoms with Gasteiger partial charge in [-0.3, -0.25) is 0 Å². The third-order valence-electron chi connectivity index (χ3n) is 0.607. The molecule has 0 bridgehead atoms.